The average molecular weight is 709 g/mol. The smallest absolute Gasteiger partial charge is 0.425 e. The van der Waals surface area contributed by atoms with Crippen molar-refractivity contribution >= 4 is 11.9 Å². The van der Waals surface area contributed by atoms with Crippen LogP contribution in [0, 0.1) is 0 Å². The highest BCUT2D eigenvalue weighted by molar-refractivity contribution is 5.93. The summed E-state index contributed by atoms with van der Waals surface area (Å²) >= 11 is 0. The van der Waals surface area contributed by atoms with Crippen molar-refractivity contribution in [2.45, 2.75) is 116 Å². The molecule has 0 aliphatic heterocycles. The number of carbonyl (C=O) groups is 2. The maximum absolute atomic E-state index is 13.9. The molecule has 0 aromatic heterocycles. The molecule has 0 amide bonds. The predicted octanol–water partition coefficient (Wildman–Crippen LogP) is 12.2. The van der Waals surface area contributed by atoms with Crippen LogP contribution in [0.2, 0.25) is 0 Å². The van der Waals surface area contributed by atoms with Crippen LogP contribution in [0.1, 0.15) is 124 Å². The van der Waals surface area contributed by atoms with Crippen LogP contribution < -0.4 is 9.47 Å². The van der Waals surface area contributed by atoms with Crippen molar-refractivity contribution in [1.29, 1.82) is 0 Å². The standard InChI is InChI=1S/C39H46F6O5/c1-3-5-7-9-10-11-12-14-26-48-31-22-20-29(21-23-31)28-16-18-30(19-17-28)36(46)49-32-24-25-33(34(27-32)38(40,41)42)37(47)50-35(39(43,44)45)15-13-8-6-4-2/h16-25,27,35H,3-15,26H2,1-2H3/t35-/m1/s1. The number of benzene rings is 3. The number of esters is 2. The summed E-state index contributed by atoms with van der Waals surface area (Å²) in [5, 5.41) is 0. The Morgan fingerprint density at radius 1 is 0.620 bits per heavy atom. The van der Waals surface area contributed by atoms with E-state index in [2.05, 4.69) is 11.7 Å². The van der Waals surface area contributed by atoms with Crippen molar-refractivity contribution in [2.75, 3.05) is 6.61 Å². The van der Waals surface area contributed by atoms with Crippen molar-refractivity contribution in [3.05, 3.63) is 83.4 Å². The van der Waals surface area contributed by atoms with Gasteiger partial charge in [0.25, 0.3) is 0 Å². The molecular formula is C39H46F6O5. The lowest BCUT2D eigenvalue weighted by molar-refractivity contribution is -0.206. The fraction of sp³-hybridized carbons (Fsp3) is 0.487. The van der Waals surface area contributed by atoms with Gasteiger partial charge in [0.05, 0.1) is 23.3 Å². The molecule has 274 valence electrons. The van der Waals surface area contributed by atoms with E-state index in [-0.39, 0.29) is 12.0 Å². The van der Waals surface area contributed by atoms with Crippen molar-refractivity contribution < 1.29 is 50.1 Å². The van der Waals surface area contributed by atoms with Crippen LogP contribution in [0.3, 0.4) is 0 Å². The summed E-state index contributed by atoms with van der Waals surface area (Å²) in [6, 6.07) is 15.6. The Morgan fingerprint density at radius 3 is 1.70 bits per heavy atom. The van der Waals surface area contributed by atoms with Crippen LogP contribution in [-0.2, 0) is 10.9 Å². The highest BCUT2D eigenvalue weighted by atomic mass is 19.4. The Bertz CT molecular complexity index is 1470. The Morgan fingerprint density at radius 2 is 1.14 bits per heavy atom. The van der Waals surface area contributed by atoms with Gasteiger partial charge in [0, 0.05) is 0 Å². The molecule has 0 saturated heterocycles. The second kappa shape index (κ2) is 20.0. The third kappa shape index (κ3) is 13.4. The van der Waals surface area contributed by atoms with Gasteiger partial charge in [-0.3, -0.25) is 0 Å². The molecule has 0 saturated carbocycles. The van der Waals surface area contributed by atoms with Crippen LogP contribution in [-0.4, -0.2) is 30.8 Å². The van der Waals surface area contributed by atoms with Crippen LogP contribution in [0.15, 0.2) is 66.7 Å². The van der Waals surface area contributed by atoms with Crippen molar-refractivity contribution in [1.82, 2.24) is 0 Å². The summed E-state index contributed by atoms with van der Waals surface area (Å²) in [5.74, 6) is -2.53. The van der Waals surface area contributed by atoms with Gasteiger partial charge in [0.2, 0.25) is 0 Å². The molecule has 0 radical (unpaired) electrons. The lowest BCUT2D eigenvalue weighted by atomic mass is 10.0. The summed E-state index contributed by atoms with van der Waals surface area (Å²) in [4.78, 5) is 25.3. The third-order valence-electron chi connectivity index (χ3n) is 8.24. The van der Waals surface area contributed by atoms with E-state index in [0.29, 0.717) is 31.6 Å². The summed E-state index contributed by atoms with van der Waals surface area (Å²) in [6.45, 7) is 4.71. The fourth-order valence-electron chi connectivity index (χ4n) is 5.37. The number of alkyl halides is 6. The average Bonchev–Trinajstić information content (AvgIpc) is 3.08. The molecule has 0 spiro atoms. The molecule has 3 aromatic carbocycles. The minimum absolute atomic E-state index is 0.0483. The molecule has 5 nitrogen and oxygen atoms in total. The molecule has 0 heterocycles. The van der Waals surface area contributed by atoms with Gasteiger partial charge in [-0.1, -0.05) is 102 Å². The largest absolute Gasteiger partial charge is 0.494 e. The number of hydrogen-bond acceptors (Lipinski definition) is 5. The second-order valence-corrected chi connectivity index (χ2v) is 12.3. The zero-order valence-electron chi connectivity index (χ0n) is 28.6. The first kappa shape index (κ1) is 40.4. The van der Waals surface area contributed by atoms with E-state index in [1.54, 1.807) is 12.1 Å². The number of ether oxygens (including phenoxy) is 3. The Hall–Kier alpha value is -4.02. The van der Waals surface area contributed by atoms with Crippen molar-refractivity contribution in [3.8, 4) is 22.6 Å². The molecule has 0 N–H and O–H groups in total. The molecule has 0 unspecified atom stereocenters. The van der Waals surface area contributed by atoms with Gasteiger partial charge in [0.1, 0.15) is 11.5 Å². The van der Waals surface area contributed by atoms with E-state index >= 15 is 0 Å². The second-order valence-electron chi connectivity index (χ2n) is 12.3. The topological polar surface area (TPSA) is 61.8 Å². The normalized spacial score (nSPS) is 12.4. The van der Waals surface area contributed by atoms with Crippen molar-refractivity contribution in [3.63, 3.8) is 0 Å². The molecule has 1 atom stereocenters. The molecule has 0 aliphatic rings. The molecule has 11 heteroatoms. The highest BCUT2D eigenvalue weighted by Crippen LogP contribution is 2.36. The minimum Gasteiger partial charge on any atom is -0.494 e. The van der Waals surface area contributed by atoms with E-state index in [4.69, 9.17) is 9.47 Å². The first-order valence-electron chi connectivity index (χ1n) is 17.4. The SMILES string of the molecule is CCCCCCCCCCOc1ccc(-c2ccc(C(=O)Oc3ccc(C(=O)O[C@H](CCCCCC)C(F)(F)F)c(C(F)(F)F)c3)cc2)cc1. The fourth-order valence-corrected chi connectivity index (χ4v) is 5.37. The van der Waals surface area contributed by atoms with E-state index < -0.39 is 53.7 Å². The molecular weight excluding hydrogens is 662 g/mol. The van der Waals surface area contributed by atoms with Gasteiger partial charge in [-0.25, -0.2) is 9.59 Å². The molecule has 3 aromatic rings. The highest BCUT2D eigenvalue weighted by Gasteiger charge is 2.44. The van der Waals surface area contributed by atoms with E-state index in [0.717, 1.165) is 42.2 Å². The van der Waals surface area contributed by atoms with Crippen LogP contribution >= 0.6 is 0 Å². The Labute approximate surface area is 290 Å². The van der Waals surface area contributed by atoms with Crippen LogP contribution in [0.4, 0.5) is 26.3 Å². The monoisotopic (exact) mass is 708 g/mol. The quantitative estimate of drug-likeness (QED) is 0.0506. The van der Waals surface area contributed by atoms with E-state index in [9.17, 15) is 35.9 Å². The zero-order chi connectivity index (χ0) is 36.6. The minimum atomic E-state index is -5.15. The number of hydrogen-bond donors (Lipinski definition) is 0. The summed E-state index contributed by atoms with van der Waals surface area (Å²) in [7, 11) is 0. The maximum Gasteiger partial charge on any atom is 0.425 e. The molecule has 0 bridgehead atoms. The summed E-state index contributed by atoms with van der Waals surface area (Å²) in [5.41, 5.74) is -1.02. The first-order chi connectivity index (χ1) is 23.8. The van der Waals surface area contributed by atoms with Gasteiger partial charge in [0.15, 0.2) is 6.10 Å². The first-order valence-corrected chi connectivity index (χ1v) is 17.4. The molecule has 50 heavy (non-hydrogen) atoms. The summed E-state index contributed by atoms with van der Waals surface area (Å²) < 4.78 is 97.7. The molecule has 0 aliphatic carbocycles. The lowest BCUT2D eigenvalue weighted by Crippen LogP contribution is -2.34. The van der Waals surface area contributed by atoms with E-state index in [1.807, 2.05) is 31.2 Å². The lowest BCUT2D eigenvalue weighted by Gasteiger charge is -2.22. The Balaban J connectivity index is 1.59. The summed E-state index contributed by atoms with van der Waals surface area (Å²) in [6.07, 6.45) is -1.53. The molecule has 0 fully saturated rings. The molecule has 3 rings (SSSR count). The zero-order valence-corrected chi connectivity index (χ0v) is 28.6. The van der Waals surface area contributed by atoms with Crippen molar-refractivity contribution in [2.24, 2.45) is 0 Å². The third-order valence-corrected chi connectivity index (χ3v) is 8.24. The van der Waals surface area contributed by atoms with Gasteiger partial charge < -0.3 is 14.2 Å². The number of halogens is 6. The Kier molecular flexibility index (Phi) is 16.2. The number of rotatable bonds is 20. The van der Waals surface area contributed by atoms with Crippen LogP contribution in [0.5, 0.6) is 11.5 Å². The van der Waals surface area contributed by atoms with E-state index in [1.165, 1.54) is 50.7 Å². The van der Waals surface area contributed by atoms with Gasteiger partial charge in [-0.2, -0.15) is 26.3 Å². The number of carbonyl (C=O) groups excluding carboxylic acids is 2. The number of unbranched alkanes of at least 4 members (excludes halogenated alkanes) is 10. The van der Waals surface area contributed by atoms with Gasteiger partial charge in [-0.05, 0) is 72.9 Å². The predicted molar refractivity (Wildman–Crippen MR) is 180 cm³/mol. The maximum atomic E-state index is 13.9. The van der Waals surface area contributed by atoms with Gasteiger partial charge >= 0.3 is 24.3 Å². The van der Waals surface area contributed by atoms with Crippen LogP contribution in [0.25, 0.3) is 11.1 Å². The van der Waals surface area contributed by atoms with Gasteiger partial charge in [-0.15, -0.1) is 0 Å².